The summed E-state index contributed by atoms with van der Waals surface area (Å²) in [5, 5.41) is 6.04. The van der Waals surface area contributed by atoms with Crippen LogP contribution in [-0.4, -0.2) is 49.4 Å². The monoisotopic (exact) mass is 267 g/mol. The second kappa shape index (κ2) is 5.90. The molecule has 2 fully saturated rings. The standard InChI is InChI=1S/C14H25N3O2/c1-14(2)5-3-4-11(14)13(19)16-10-12(18)17-8-6-15-7-9-17/h11,15H,3-10H2,1-2H3,(H,16,19). The van der Waals surface area contributed by atoms with Gasteiger partial charge in [0.2, 0.25) is 11.8 Å². The van der Waals surface area contributed by atoms with Crippen molar-refractivity contribution in [1.82, 2.24) is 15.5 Å². The largest absolute Gasteiger partial charge is 0.347 e. The summed E-state index contributed by atoms with van der Waals surface area (Å²) in [7, 11) is 0. The predicted molar refractivity (Wildman–Crippen MR) is 73.6 cm³/mol. The van der Waals surface area contributed by atoms with Gasteiger partial charge >= 0.3 is 0 Å². The Balaban J connectivity index is 1.78. The topological polar surface area (TPSA) is 61.4 Å². The minimum Gasteiger partial charge on any atom is -0.347 e. The van der Waals surface area contributed by atoms with Gasteiger partial charge in [0, 0.05) is 32.1 Å². The number of piperazine rings is 1. The normalized spacial score (nSPS) is 26.2. The molecule has 0 radical (unpaired) electrons. The number of rotatable bonds is 3. The summed E-state index contributed by atoms with van der Waals surface area (Å²) >= 11 is 0. The van der Waals surface area contributed by atoms with E-state index in [-0.39, 0.29) is 29.7 Å². The number of amides is 2. The van der Waals surface area contributed by atoms with E-state index in [2.05, 4.69) is 24.5 Å². The van der Waals surface area contributed by atoms with E-state index in [1.54, 1.807) is 0 Å². The van der Waals surface area contributed by atoms with Gasteiger partial charge in [-0.1, -0.05) is 20.3 Å². The molecule has 1 aliphatic carbocycles. The van der Waals surface area contributed by atoms with Crippen LogP contribution in [0, 0.1) is 11.3 Å². The molecule has 1 atom stereocenters. The Morgan fingerprint density at radius 2 is 2.00 bits per heavy atom. The number of nitrogens with one attached hydrogen (secondary N) is 2. The number of carbonyl (C=O) groups is 2. The summed E-state index contributed by atoms with van der Waals surface area (Å²) in [6, 6.07) is 0. The van der Waals surface area contributed by atoms with Crippen LogP contribution in [0.5, 0.6) is 0 Å². The molecule has 1 saturated heterocycles. The molecule has 0 spiro atoms. The predicted octanol–water partition coefficient (Wildman–Crippen LogP) is 0.361. The zero-order valence-corrected chi connectivity index (χ0v) is 12.0. The summed E-state index contributed by atoms with van der Waals surface area (Å²) in [5.41, 5.74) is 0.0716. The third kappa shape index (κ3) is 3.47. The molecule has 2 amide bonds. The van der Waals surface area contributed by atoms with Gasteiger partial charge in [-0.05, 0) is 18.3 Å². The Hall–Kier alpha value is -1.10. The van der Waals surface area contributed by atoms with Crippen LogP contribution in [0.15, 0.2) is 0 Å². The van der Waals surface area contributed by atoms with Crippen molar-refractivity contribution in [2.75, 3.05) is 32.7 Å². The van der Waals surface area contributed by atoms with E-state index >= 15 is 0 Å². The molecular weight excluding hydrogens is 242 g/mol. The highest BCUT2D eigenvalue weighted by molar-refractivity contribution is 5.86. The van der Waals surface area contributed by atoms with Crippen LogP contribution in [0.4, 0.5) is 0 Å². The highest BCUT2D eigenvalue weighted by Gasteiger charge is 2.39. The molecule has 0 bridgehead atoms. The molecule has 2 aliphatic rings. The smallest absolute Gasteiger partial charge is 0.242 e. The van der Waals surface area contributed by atoms with Crippen LogP contribution in [-0.2, 0) is 9.59 Å². The van der Waals surface area contributed by atoms with Gasteiger partial charge in [-0.3, -0.25) is 9.59 Å². The maximum absolute atomic E-state index is 12.2. The van der Waals surface area contributed by atoms with Crippen LogP contribution < -0.4 is 10.6 Å². The molecule has 1 saturated carbocycles. The number of hydrogen-bond donors (Lipinski definition) is 2. The van der Waals surface area contributed by atoms with Crippen molar-refractivity contribution in [3.63, 3.8) is 0 Å². The first kappa shape index (κ1) is 14.3. The highest BCUT2D eigenvalue weighted by Crippen LogP contribution is 2.42. The van der Waals surface area contributed by atoms with E-state index in [1.165, 1.54) is 0 Å². The van der Waals surface area contributed by atoms with Gasteiger partial charge in [-0.15, -0.1) is 0 Å². The van der Waals surface area contributed by atoms with Gasteiger partial charge in [0.25, 0.3) is 0 Å². The fourth-order valence-corrected chi connectivity index (χ4v) is 3.12. The lowest BCUT2D eigenvalue weighted by Crippen LogP contribution is -2.50. The van der Waals surface area contributed by atoms with Crippen LogP contribution >= 0.6 is 0 Å². The quantitative estimate of drug-likeness (QED) is 0.776. The first-order valence-corrected chi connectivity index (χ1v) is 7.27. The summed E-state index contributed by atoms with van der Waals surface area (Å²) in [6.45, 7) is 7.59. The third-order valence-corrected chi connectivity index (χ3v) is 4.46. The molecule has 0 aromatic heterocycles. The number of nitrogens with zero attached hydrogens (tertiary/aromatic N) is 1. The van der Waals surface area contributed by atoms with E-state index < -0.39 is 0 Å². The fourth-order valence-electron chi connectivity index (χ4n) is 3.12. The first-order valence-electron chi connectivity index (χ1n) is 7.27. The Morgan fingerprint density at radius 1 is 1.32 bits per heavy atom. The molecular formula is C14H25N3O2. The lowest BCUT2D eigenvalue weighted by molar-refractivity contribution is -0.135. The van der Waals surface area contributed by atoms with E-state index in [4.69, 9.17) is 0 Å². The first-order chi connectivity index (χ1) is 9.00. The number of hydrogen-bond acceptors (Lipinski definition) is 3. The molecule has 0 aromatic rings. The van der Waals surface area contributed by atoms with Crippen LogP contribution in [0.1, 0.15) is 33.1 Å². The minimum absolute atomic E-state index is 0.0330. The Bertz CT molecular complexity index is 349. The van der Waals surface area contributed by atoms with Gasteiger partial charge in [-0.2, -0.15) is 0 Å². The summed E-state index contributed by atoms with van der Waals surface area (Å²) in [4.78, 5) is 25.9. The summed E-state index contributed by atoms with van der Waals surface area (Å²) in [6.07, 6.45) is 3.15. The van der Waals surface area contributed by atoms with Crippen molar-refractivity contribution in [3.05, 3.63) is 0 Å². The van der Waals surface area contributed by atoms with Crippen LogP contribution in [0.3, 0.4) is 0 Å². The molecule has 1 aliphatic heterocycles. The Labute approximate surface area is 115 Å². The van der Waals surface area contributed by atoms with Gasteiger partial charge in [0.1, 0.15) is 0 Å². The van der Waals surface area contributed by atoms with Gasteiger partial charge in [0.05, 0.1) is 6.54 Å². The molecule has 1 unspecified atom stereocenters. The van der Waals surface area contributed by atoms with Gasteiger partial charge < -0.3 is 15.5 Å². The van der Waals surface area contributed by atoms with E-state index in [1.807, 2.05) is 4.90 Å². The summed E-state index contributed by atoms with van der Waals surface area (Å²) in [5.74, 6) is 0.139. The van der Waals surface area contributed by atoms with Gasteiger partial charge in [-0.25, -0.2) is 0 Å². The van der Waals surface area contributed by atoms with Crippen molar-refractivity contribution in [3.8, 4) is 0 Å². The molecule has 2 N–H and O–H groups in total. The SMILES string of the molecule is CC1(C)CCCC1C(=O)NCC(=O)N1CCNCC1. The third-order valence-electron chi connectivity index (χ3n) is 4.46. The van der Waals surface area contributed by atoms with E-state index in [9.17, 15) is 9.59 Å². The molecule has 2 rings (SSSR count). The molecule has 19 heavy (non-hydrogen) atoms. The number of carbonyl (C=O) groups excluding carboxylic acids is 2. The van der Waals surface area contributed by atoms with Crippen LogP contribution in [0.2, 0.25) is 0 Å². The van der Waals surface area contributed by atoms with Crippen molar-refractivity contribution >= 4 is 11.8 Å². The average molecular weight is 267 g/mol. The maximum Gasteiger partial charge on any atom is 0.242 e. The molecule has 1 heterocycles. The highest BCUT2D eigenvalue weighted by atomic mass is 16.2. The van der Waals surface area contributed by atoms with Crippen molar-refractivity contribution in [2.24, 2.45) is 11.3 Å². The van der Waals surface area contributed by atoms with Crippen molar-refractivity contribution in [2.45, 2.75) is 33.1 Å². The second-order valence-corrected chi connectivity index (χ2v) is 6.28. The molecule has 0 aromatic carbocycles. The minimum atomic E-state index is 0.0330. The molecule has 5 nitrogen and oxygen atoms in total. The molecule has 108 valence electrons. The Morgan fingerprint density at radius 3 is 2.58 bits per heavy atom. The molecule has 5 heteroatoms. The second-order valence-electron chi connectivity index (χ2n) is 6.28. The average Bonchev–Trinajstić information content (AvgIpc) is 2.76. The van der Waals surface area contributed by atoms with E-state index in [0.29, 0.717) is 0 Å². The zero-order valence-electron chi connectivity index (χ0n) is 12.0. The van der Waals surface area contributed by atoms with E-state index in [0.717, 1.165) is 45.4 Å². The zero-order chi connectivity index (χ0) is 13.9. The fraction of sp³-hybridized carbons (Fsp3) is 0.857. The van der Waals surface area contributed by atoms with Gasteiger partial charge in [0.15, 0.2) is 0 Å². The maximum atomic E-state index is 12.2. The lowest BCUT2D eigenvalue weighted by Gasteiger charge is -2.29. The van der Waals surface area contributed by atoms with Crippen molar-refractivity contribution < 1.29 is 9.59 Å². The lowest BCUT2D eigenvalue weighted by atomic mass is 9.81. The van der Waals surface area contributed by atoms with Crippen LogP contribution in [0.25, 0.3) is 0 Å². The summed E-state index contributed by atoms with van der Waals surface area (Å²) < 4.78 is 0. The Kier molecular flexibility index (Phi) is 4.45. The van der Waals surface area contributed by atoms with Crippen molar-refractivity contribution in [1.29, 1.82) is 0 Å².